The van der Waals surface area contributed by atoms with Crippen molar-refractivity contribution in [1.29, 1.82) is 0 Å². The van der Waals surface area contributed by atoms with E-state index in [2.05, 4.69) is 0 Å². The first-order chi connectivity index (χ1) is 6.84. The van der Waals surface area contributed by atoms with Crippen molar-refractivity contribution in [2.24, 2.45) is 17.8 Å². The summed E-state index contributed by atoms with van der Waals surface area (Å²) >= 11 is 1.92. The van der Waals surface area contributed by atoms with Crippen LogP contribution in [0.3, 0.4) is 0 Å². The highest BCUT2D eigenvalue weighted by Gasteiger charge is 2.44. The molecule has 0 aromatic carbocycles. The Morgan fingerprint density at radius 3 is 2.64 bits per heavy atom. The molecule has 4 unspecified atom stereocenters. The van der Waals surface area contributed by atoms with Crippen molar-refractivity contribution < 1.29 is 4.79 Å². The van der Waals surface area contributed by atoms with Crippen LogP contribution in [0, 0.1) is 17.8 Å². The second kappa shape index (κ2) is 3.55. The largest absolute Gasteiger partial charge is 0.298 e. The van der Waals surface area contributed by atoms with Gasteiger partial charge in [-0.25, -0.2) is 0 Å². The van der Waals surface area contributed by atoms with Gasteiger partial charge >= 0.3 is 0 Å². The van der Waals surface area contributed by atoms with E-state index >= 15 is 0 Å². The standard InChI is InChI=1S/C12H18OS/c13-12(11-2-1-5-14-11)10-7-8-3-4-9(10)6-8/h8-11H,1-7H2. The van der Waals surface area contributed by atoms with Crippen LogP contribution in [0.25, 0.3) is 0 Å². The number of fused-ring (bicyclic) bond motifs is 2. The van der Waals surface area contributed by atoms with Gasteiger partial charge in [0.15, 0.2) is 0 Å². The molecule has 0 aromatic rings. The van der Waals surface area contributed by atoms with Crippen molar-refractivity contribution in [3.05, 3.63) is 0 Å². The topological polar surface area (TPSA) is 17.1 Å². The lowest BCUT2D eigenvalue weighted by molar-refractivity contribution is -0.123. The van der Waals surface area contributed by atoms with Crippen molar-refractivity contribution >= 4 is 17.5 Å². The first kappa shape index (κ1) is 9.26. The lowest BCUT2D eigenvalue weighted by Gasteiger charge is -2.22. The lowest BCUT2D eigenvalue weighted by Crippen LogP contribution is -2.28. The maximum absolute atomic E-state index is 12.2. The predicted octanol–water partition coefficient (Wildman–Crippen LogP) is 2.89. The third kappa shape index (κ3) is 1.42. The molecule has 2 bridgehead atoms. The summed E-state index contributed by atoms with van der Waals surface area (Å²) in [6.45, 7) is 0. The van der Waals surface area contributed by atoms with Gasteiger partial charge in [0.05, 0.1) is 5.25 Å². The number of thioether (sulfide) groups is 1. The molecule has 2 heteroatoms. The van der Waals surface area contributed by atoms with Crippen molar-refractivity contribution in [2.75, 3.05) is 5.75 Å². The molecule has 4 atom stereocenters. The molecule has 2 saturated carbocycles. The molecule has 1 nitrogen and oxygen atoms in total. The number of carbonyl (C=O) groups is 1. The lowest BCUT2D eigenvalue weighted by atomic mass is 9.84. The average Bonchev–Trinajstić information content (AvgIpc) is 2.93. The van der Waals surface area contributed by atoms with Crippen LogP contribution >= 0.6 is 11.8 Å². The van der Waals surface area contributed by atoms with Gasteiger partial charge in [-0.05, 0) is 49.7 Å². The highest BCUT2D eigenvalue weighted by Crippen LogP contribution is 2.50. The quantitative estimate of drug-likeness (QED) is 0.697. The van der Waals surface area contributed by atoms with Crippen LogP contribution in [0.2, 0.25) is 0 Å². The molecule has 0 spiro atoms. The van der Waals surface area contributed by atoms with Crippen LogP contribution in [-0.2, 0) is 4.79 Å². The smallest absolute Gasteiger partial charge is 0.149 e. The third-order valence-corrected chi connectivity index (χ3v) is 5.75. The normalized spacial score (nSPS) is 46.0. The monoisotopic (exact) mass is 210 g/mol. The van der Waals surface area contributed by atoms with Gasteiger partial charge in [-0.2, -0.15) is 11.8 Å². The Morgan fingerprint density at radius 1 is 1.14 bits per heavy atom. The fourth-order valence-corrected chi connectivity index (χ4v) is 4.92. The van der Waals surface area contributed by atoms with Crippen molar-refractivity contribution in [3.8, 4) is 0 Å². The van der Waals surface area contributed by atoms with E-state index in [1.165, 1.54) is 37.9 Å². The van der Waals surface area contributed by atoms with E-state index in [0.29, 0.717) is 17.0 Å². The van der Waals surface area contributed by atoms with Crippen LogP contribution in [0.1, 0.15) is 38.5 Å². The maximum atomic E-state index is 12.2. The van der Waals surface area contributed by atoms with Crippen LogP contribution in [0.5, 0.6) is 0 Å². The molecule has 0 N–H and O–H groups in total. The van der Waals surface area contributed by atoms with E-state index < -0.39 is 0 Å². The van der Waals surface area contributed by atoms with Crippen molar-refractivity contribution in [3.63, 3.8) is 0 Å². The van der Waals surface area contributed by atoms with E-state index in [-0.39, 0.29) is 0 Å². The molecule has 3 aliphatic rings. The molecule has 3 rings (SSSR count). The van der Waals surface area contributed by atoms with E-state index in [4.69, 9.17) is 0 Å². The van der Waals surface area contributed by atoms with E-state index in [1.54, 1.807) is 0 Å². The van der Waals surface area contributed by atoms with Crippen LogP contribution in [-0.4, -0.2) is 16.8 Å². The van der Waals surface area contributed by atoms with Gasteiger partial charge in [0, 0.05) is 5.92 Å². The summed E-state index contributed by atoms with van der Waals surface area (Å²) in [5.74, 6) is 4.02. The molecule has 1 heterocycles. The Morgan fingerprint density at radius 2 is 2.07 bits per heavy atom. The second-order valence-corrected chi connectivity index (χ2v) is 6.50. The minimum atomic E-state index is 0.388. The highest BCUT2D eigenvalue weighted by molar-refractivity contribution is 8.00. The Kier molecular flexibility index (Phi) is 2.35. The van der Waals surface area contributed by atoms with Gasteiger partial charge in [-0.1, -0.05) is 6.42 Å². The van der Waals surface area contributed by atoms with Gasteiger partial charge < -0.3 is 0 Å². The molecule has 0 aromatic heterocycles. The van der Waals surface area contributed by atoms with Gasteiger partial charge in [0.2, 0.25) is 0 Å². The predicted molar refractivity (Wildman–Crippen MR) is 59.4 cm³/mol. The molecule has 1 aliphatic heterocycles. The molecule has 78 valence electrons. The summed E-state index contributed by atoms with van der Waals surface area (Å²) in [6.07, 6.45) is 7.79. The number of hydrogen-bond donors (Lipinski definition) is 0. The fourth-order valence-electron chi connectivity index (χ4n) is 3.63. The first-order valence-corrected chi connectivity index (χ1v) is 7.05. The molecular weight excluding hydrogens is 192 g/mol. The number of hydrogen-bond acceptors (Lipinski definition) is 2. The zero-order valence-electron chi connectivity index (χ0n) is 8.58. The first-order valence-electron chi connectivity index (χ1n) is 6.00. The van der Waals surface area contributed by atoms with Gasteiger partial charge in [-0.15, -0.1) is 0 Å². The van der Waals surface area contributed by atoms with E-state index in [9.17, 15) is 4.79 Å². The maximum Gasteiger partial charge on any atom is 0.149 e. The summed E-state index contributed by atoms with van der Waals surface area (Å²) in [5, 5.41) is 0.388. The number of ketones is 1. The zero-order chi connectivity index (χ0) is 9.54. The number of carbonyl (C=O) groups excluding carboxylic acids is 1. The van der Waals surface area contributed by atoms with E-state index in [0.717, 1.165) is 18.3 Å². The average molecular weight is 210 g/mol. The molecule has 1 saturated heterocycles. The van der Waals surface area contributed by atoms with Gasteiger partial charge in [0.1, 0.15) is 5.78 Å². The Hall–Kier alpha value is 0.0200. The molecular formula is C12H18OS. The van der Waals surface area contributed by atoms with Crippen molar-refractivity contribution in [1.82, 2.24) is 0 Å². The molecule has 2 aliphatic carbocycles. The van der Waals surface area contributed by atoms with Gasteiger partial charge in [-0.3, -0.25) is 4.79 Å². The fraction of sp³-hybridized carbons (Fsp3) is 0.917. The Bertz CT molecular complexity index is 245. The number of Topliss-reactive ketones (excluding diaryl/α,β-unsaturated/α-hetero) is 1. The van der Waals surface area contributed by atoms with Crippen LogP contribution in [0.15, 0.2) is 0 Å². The molecule has 0 amide bonds. The summed E-state index contributed by atoms with van der Waals surface area (Å²) in [5.41, 5.74) is 0. The number of rotatable bonds is 2. The molecule has 0 radical (unpaired) electrons. The summed E-state index contributed by atoms with van der Waals surface area (Å²) in [4.78, 5) is 12.2. The minimum Gasteiger partial charge on any atom is -0.298 e. The summed E-state index contributed by atoms with van der Waals surface area (Å²) < 4.78 is 0. The second-order valence-electron chi connectivity index (χ2n) is 5.19. The summed E-state index contributed by atoms with van der Waals surface area (Å²) in [7, 11) is 0. The molecule has 14 heavy (non-hydrogen) atoms. The minimum absolute atomic E-state index is 0.388. The zero-order valence-corrected chi connectivity index (χ0v) is 9.39. The van der Waals surface area contributed by atoms with Crippen molar-refractivity contribution in [2.45, 2.75) is 43.8 Å². The SMILES string of the molecule is O=C(C1CCCS1)C1CC2CCC1C2. The third-order valence-electron chi connectivity index (χ3n) is 4.35. The van der Waals surface area contributed by atoms with Gasteiger partial charge in [0.25, 0.3) is 0 Å². The van der Waals surface area contributed by atoms with E-state index in [1.807, 2.05) is 11.8 Å². The Balaban J connectivity index is 1.67. The van der Waals surface area contributed by atoms with Crippen LogP contribution < -0.4 is 0 Å². The Labute approximate surface area is 90.0 Å². The van der Waals surface area contributed by atoms with Crippen LogP contribution in [0.4, 0.5) is 0 Å². The highest BCUT2D eigenvalue weighted by atomic mass is 32.2. The molecule has 3 fully saturated rings. The summed E-state index contributed by atoms with van der Waals surface area (Å²) in [6, 6.07) is 0.